The van der Waals surface area contributed by atoms with Crippen molar-refractivity contribution in [2.45, 2.75) is 58.8 Å². The molecule has 0 spiro atoms. The standard InChI is InChI=1S/C19H30FN/c1-4-10-21-13-16-8-7-15(5-2)12-17(16)18-11-14(3)6-9-19(18)20/h6,9,11,15-17,21H,4-5,7-8,10,12-13H2,1-3H3. The van der Waals surface area contributed by atoms with Crippen LogP contribution in [-0.4, -0.2) is 13.1 Å². The highest BCUT2D eigenvalue weighted by atomic mass is 19.1. The summed E-state index contributed by atoms with van der Waals surface area (Å²) >= 11 is 0. The summed E-state index contributed by atoms with van der Waals surface area (Å²) in [5.74, 6) is 1.71. The molecule has 1 nitrogen and oxygen atoms in total. The fourth-order valence-electron chi connectivity index (χ4n) is 3.73. The first kappa shape index (κ1) is 16.5. The van der Waals surface area contributed by atoms with Gasteiger partial charge in [-0.15, -0.1) is 0 Å². The highest BCUT2D eigenvalue weighted by Crippen LogP contribution is 2.42. The normalized spacial score (nSPS) is 26.0. The second kappa shape index (κ2) is 7.93. The first-order valence-corrected chi connectivity index (χ1v) is 8.62. The molecule has 0 amide bonds. The van der Waals surface area contributed by atoms with Gasteiger partial charge in [0.2, 0.25) is 0 Å². The second-order valence-electron chi connectivity index (χ2n) is 6.68. The van der Waals surface area contributed by atoms with Gasteiger partial charge >= 0.3 is 0 Å². The van der Waals surface area contributed by atoms with Crippen LogP contribution in [-0.2, 0) is 0 Å². The van der Waals surface area contributed by atoms with Crippen molar-refractivity contribution in [2.24, 2.45) is 11.8 Å². The summed E-state index contributed by atoms with van der Waals surface area (Å²) in [7, 11) is 0. The van der Waals surface area contributed by atoms with Gasteiger partial charge in [-0.3, -0.25) is 0 Å². The van der Waals surface area contributed by atoms with Crippen LogP contribution in [0.4, 0.5) is 4.39 Å². The van der Waals surface area contributed by atoms with Crippen LogP contribution >= 0.6 is 0 Å². The molecule has 1 N–H and O–H groups in total. The molecule has 3 atom stereocenters. The van der Waals surface area contributed by atoms with Crippen LogP contribution in [0.5, 0.6) is 0 Å². The molecule has 1 aliphatic carbocycles. The van der Waals surface area contributed by atoms with E-state index in [4.69, 9.17) is 0 Å². The molecule has 0 bridgehead atoms. The molecule has 0 radical (unpaired) electrons. The number of rotatable bonds is 6. The van der Waals surface area contributed by atoms with E-state index in [2.05, 4.69) is 32.2 Å². The van der Waals surface area contributed by atoms with Gasteiger partial charge in [0.05, 0.1) is 0 Å². The van der Waals surface area contributed by atoms with Crippen LogP contribution in [0.15, 0.2) is 18.2 Å². The minimum Gasteiger partial charge on any atom is -0.316 e. The maximum Gasteiger partial charge on any atom is 0.126 e. The molecule has 1 fully saturated rings. The third-order valence-electron chi connectivity index (χ3n) is 5.06. The fraction of sp³-hybridized carbons (Fsp3) is 0.684. The monoisotopic (exact) mass is 291 g/mol. The van der Waals surface area contributed by atoms with Crippen molar-refractivity contribution in [2.75, 3.05) is 13.1 Å². The van der Waals surface area contributed by atoms with Gasteiger partial charge in [-0.1, -0.05) is 44.4 Å². The number of hydrogen-bond acceptors (Lipinski definition) is 1. The van der Waals surface area contributed by atoms with Crippen LogP contribution in [0.1, 0.15) is 63.0 Å². The molecule has 0 heterocycles. The van der Waals surface area contributed by atoms with E-state index >= 15 is 0 Å². The Kier molecular flexibility index (Phi) is 6.22. The van der Waals surface area contributed by atoms with Gasteiger partial charge in [0.15, 0.2) is 0 Å². The Bertz CT molecular complexity index is 441. The van der Waals surface area contributed by atoms with Gasteiger partial charge in [-0.25, -0.2) is 4.39 Å². The zero-order valence-corrected chi connectivity index (χ0v) is 13.8. The molecule has 0 aliphatic heterocycles. The lowest BCUT2D eigenvalue weighted by atomic mass is 9.70. The highest BCUT2D eigenvalue weighted by molar-refractivity contribution is 5.28. The van der Waals surface area contributed by atoms with Crippen LogP contribution in [0.3, 0.4) is 0 Å². The van der Waals surface area contributed by atoms with E-state index in [1.807, 2.05) is 6.07 Å². The van der Waals surface area contributed by atoms with Gasteiger partial charge < -0.3 is 5.32 Å². The minimum atomic E-state index is -0.0113. The zero-order chi connectivity index (χ0) is 15.2. The summed E-state index contributed by atoms with van der Waals surface area (Å²) in [5, 5.41) is 3.55. The SMILES string of the molecule is CCCNCC1CCC(CC)CC1c1cc(C)ccc1F. The first-order valence-electron chi connectivity index (χ1n) is 8.62. The van der Waals surface area contributed by atoms with Crippen LogP contribution < -0.4 is 5.32 Å². The summed E-state index contributed by atoms with van der Waals surface area (Å²) in [6, 6.07) is 5.60. The molecule has 3 unspecified atom stereocenters. The van der Waals surface area contributed by atoms with Crippen LogP contribution in [0.2, 0.25) is 0 Å². The molecule has 0 saturated heterocycles. The van der Waals surface area contributed by atoms with Crippen molar-refractivity contribution in [3.05, 3.63) is 35.1 Å². The molecule has 2 heteroatoms. The van der Waals surface area contributed by atoms with E-state index in [1.54, 1.807) is 6.07 Å². The van der Waals surface area contributed by atoms with Gasteiger partial charge in [-0.2, -0.15) is 0 Å². The van der Waals surface area contributed by atoms with E-state index in [0.29, 0.717) is 11.8 Å². The molecule has 2 rings (SSSR count). The smallest absolute Gasteiger partial charge is 0.126 e. The lowest BCUT2D eigenvalue weighted by molar-refractivity contribution is 0.222. The maximum atomic E-state index is 14.3. The number of hydrogen-bond donors (Lipinski definition) is 1. The molecular weight excluding hydrogens is 261 g/mol. The minimum absolute atomic E-state index is 0.0113. The Morgan fingerprint density at radius 3 is 2.76 bits per heavy atom. The fourth-order valence-corrected chi connectivity index (χ4v) is 3.73. The molecule has 1 aromatic carbocycles. The van der Waals surface area contributed by atoms with Crippen molar-refractivity contribution in [3.8, 4) is 0 Å². The molecule has 21 heavy (non-hydrogen) atoms. The Labute approximate surface area is 129 Å². The zero-order valence-electron chi connectivity index (χ0n) is 13.8. The van der Waals surface area contributed by atoms with E-state index in [-0.39, 0.29) is 5.82 Å². The number of benzene rings is 1. The molecule has 1 aromatic rings. The van der Waals surface area contributed by atoms with Gasteiger partial charge in [0, 0.05) is 0 Å². The summed E-state index contributed by atoms with van der Waals surface area (Å²) in [4.78, 5) is 0. The maximum absolute atomic E-state index is 14.3. The third-order valence-corrected chi connectivity index (χ3v) is 5.06. The van der Waals surface area contributed by atoms with E-state index in [9.17, 15) is 4.39 Å². The summed E-state index contributed by atoms with van der Waals surface area (Å²) in [6.07, 6.45) is 6.06. The Morgan fingerprint density at radius 1 is 1.24 bits per heavy atom. The Hall–Kier alpha value is -0.890. The van der Waals surface area contributed by atoms with Gasteiger partial charge in [0.25, 0.3) is 0 Å². The summed E-state index contributed by atoms with van der Waals surface area (Å²) in [5.41, 5.74) is 2.13. The average molecular weight is 291 g/mol. The molecular formula is C19H30FN. The average Bonchev–Trinajstić information content (AvgIpc) is 2.50. The lowest BCUT2D eigenvalue weighted by Crippen LogP contribution is -2.32. The Balaban J connectivity index is 2.17. The Morgan fingerprint density at radius 2 is 2.05 bits per heavy atom. The van der Waals surface area contributed by atoms with E-state index < -0.39 is 0 Å². The van der Waals surface area contributed by atoms with Crippen molar-refractivity contribution in [3.63, 3.8) is 0 Å². The molecule has 1 aliphatic rings. The van der Waals surface area contributed by atoms with Crippen molar-refractivity contribution in [1.82, 2.24) is 5.32 Å². The van der Waals surface area contributed by atoms with Crippen LogP contribution in [0.25, 0.3) is 0 Å². The van der Waals surface area contributed by atoms with Gasteiger partial charge in [0.1, 0.15) is 5.82 Å². The number of aryl methyl sites for hydroxylation is 1. The topological polar surface area (TPSA) is 12.0 Å². The summed E-state index contributed by atoms with van der Waals surface area (Å²) in [6.45, 7) is 8.62. The number of nitrogens with one attached hydrogen (secondary N) is 1. The predicted octanol–water partition coefficient (Wildman–Crippen LogP) is 5.04. The first-order chi connectivity index (χ1) is 10.2. The second-order valence-corrected chi connectivity index (χ2v) is 6.68. The molecule has 118 valence electrons. The van der Waals surface area contributed by atoms with Crippen LogP contribution in [0, 0.1) is 24.6 Å². The van der Waals surface area contributed by atoms with Gasteiger partial charge in [-0.05, 0) is 68.7 Å². The van der Waals surface area contributed by atoms with E-state index in [1.165, 1.54) is 24.8 Å². The van der Waals surface area contributed by atoms with E-state index in [0.717, 1.165) is 37.4 Å². The number of halogens is 1. The quantitative estimate of drug-likeness (QED) is 0.724. The molecule has 1 saturated carbocycles. The van der Waals surface area contributed by atoms with Crippen molar-refractivity contribution >= 4 is 0 Å². The largest absolute Gasteiger partial charge is 0.316 e. The predicted molar refractivity (Wildman–Crippen MR) is 88.2 cm³/mol. The summed E-state index contributed by atoms with van der Waals surface area (Å²) < 4.78 is 14.3. The van der Waals surface area contributed by atoms with Crippen molar-refractivity contribution in [1.29, 1.82) is 0 Å². The molecule has 0 aromatic heterocycles. The third kappa shape index (κ3) is 4.29. The highest BCUT2D eigenvalue weighted by Gasteiger charge is 2.32. The van der Waals surface area contributed by atoms with Crippen molar-refractivity contribution < 1.29 is 4.39 Å². The lowest BCUT2D eigenvalue weighted by Gasteiger charge is -2.37.